The number of carbonyl (C=O) groups excluding carboxylic acids is 3. The van der Waals surface area contributed by atoms with E-state index in [-0.39, 0.29) is 11.8 Å². The van der Waals surface area contributed by atoms with Gasteiger partial charge < -0.3 is 15.5 Å². The first-order chi connectivity index (χ1) is 21.1. The maximum absolute atomic E-state index is 13.6. The van der Waals surface area contributed by atoms with E-state index in [9.17, 15) is 27.6 Å². The number of rotatable bonds is 10. The zero-order valence-corrected chi connectivity index (χ0v) is 24.8. The van der Waals surface area contributed by atoms with E-state index < -0.39 is 24.0 Å². The second kappa shape index (κ2) is 13.2. The van der Waals surface area contributed by atoms with Gasteiger partial charge >= 0.3 is 6.18 Å². The summed E-state index contributed by atoms with van der Waals surface area (Å²) in [6, 6.07) is 22.3. The Hall–Kier alpha value is -4.18. The van der Waals surface area contributed by atoms with E-state index in [1.54, 1.807) is 12.1 Å². The van der Waals surface area contributed by atoms with Crippen molar-refractivity contribution in [2.24, 2.45) is 0 Å². The van der Waals surface area contributed by atoms with E-state index >= 15 is 0 Å². The number of carbonyl (C=O) groups is 3. The molecule has 1 heterocycles. The number of anilines is 1. The molecule has 0 spiro atoms. The largest absolute Gasteiger partial charge is 0.405 e. The van der Waals surface area contributed by atoms with Crippen LogP contribution in [0.1, 0.15) is 42.9 Å². The van der Waals surface area contributed by atoms with Gasteiger partial charge in [-0.2, -0.15) is 13.2 Å². The number of unbranched alkanes of at least 4 members (excludes halogenated alkanes) is 1. The quantitative estimate of drug-likeness (QED) is 0.313. The highest BCUT2D eigenvalue weighted by Gasteiger charge is 2.49. The van der Waals surface area contributed by atoms with E-state index in [1.807, 2.05) is 65.6 Å². The number of piperazine rings is 1. The van der Waals surface area contributed by atoms with Crippen molar-refractivity contribution in [3.8, 4) is 11.1 Å². The number of fused-ring (bicyclic) bond motifs is 3. The van der Waals surface area contributed by atoms with E-state index in [0.29, 0.717) is 38.0 Å². The molecule has 0 radical (unpaired) electrons. The third-order valence-electron chi connectivity index (χ3n) is 8.53. The molecule has 0 saturated carbocycles. The van der Waals surface area contributed by atoms with Crippen LogP contribution in [0.2, 0.25) is 0 Å². The van der Waals surface area contributed by atoms with Crippen molar-refractivity contribution in [3.05, 3.63) is 89.5 Å². The van der Waals surface area contributed by atoms with Crippen LogP contribution in [0.5, 0.6) is 0 Å². The minimum atomic E-state index is -4.50. The molecule has 0 bridgehead atoms. The van der Waals surface area contributed by atoms with Crippen LogP contribution in [0.25, 0.3) is 11.1 Å². The van der Waals surface area contributed by atoms with Crippen molar-refractivity contribution in [1.29, 1.82) is 0 Å². The summed E-state index contributed by atoms with van der Waals surface area (Å²) in [6.07, 6.45) is -2.40. The molecule has 5 rings (SSSR count). The van der Waals surface area contributed by atoms with Crippen molar-refractivity contribution in [2.75, 3.05) is 44.6 Å². The summed E-state index contributed by atoms with van der Waals surface area (Å²) < 4.78 is 39.3. The molecule has 1 saturated heterocycles. The Morgan fingerprint density at radius 1 is 0.818 bits per heavy atom. The second-order valence-electron chi connectivity index (χ2n) is 11.5. The molecule has 3 amide bonds. The van der Waals surface area contributed by atoms with Crippen LogP contribution in [0.15, 0.2) is 72.8 Å². The molecule has 7 nitrogen and oxygen atoms in total. The van der Waals surface area contributed by atoms with Crippen molar-refractivity contribution in [1.82, 2.24) is 15.1 Å². The molecule has 3 aromatic rings. The smallest absolute Gasteiger partial charge is 0.346 e. The number of hydrogen-bond acceptors (Lipinski definition) is 4. The van der Waals surface area contributed by atoms with E-state index in [0.717, 1.165) is 53.9 Å². The number of hydrogen-bond donors (Lipinski definition) is 2. The van der Waals surface area contributed by atoms with Gasteiger partial charge in [0, 0.05) is 38.8 Å². The van der Waals surface area contributed by atoms with E-state index in [1.165, 1.54) is 6.92 Å². The SMILES string of the molecule is CC(=O)Nc1ccc(CC(=O)N2CCN(CCCCC3(C(=O)NCC(F)(F)F)c4ccccc4-c4ccccc43)CC2)cc1. The first-order valence-corrected chi connectivity index (χ1v) is 15.0. The summed E-state index contributed by atoms with van der Waals surface area (Å²) in [6.45, 7) is 3.55. The fraction of sp³-hybridized carbons (Fsp3) is 0.382. The van der Waals surface area contributed by atoms with Crippen molar-refractivity contribution in [3.63, 3.8) is 0 Å². The van der Waals surface area contributed by atoms with Crippen LogP contribution in [0.3, 0.4) is 0 Å². The first-order valence-electron chi connectivity index (χ1n) is 15.0. The van der Waals surface area contributed by atoms with Gasteiger partial charge in [-0.05, 0) is 59.3 Å². The zero-order valence-electron chi connectivity index (χ0n) is 24.8. The fourth-order valence-corrected chi connectivity index (χ4v) is 6.43. The average molecular weight is 607 g/mol. The Balaban J connectivity index is 1.17. The number of halogens is 3. The lowest BCUT2D eigenvalue weighted by Crippen LogP contribution is -2.49. The highest BCUT2D eigenvalue weighted by atomic mass is 19.4. The van der Waals surface area contributed by atoms with Gasteiger partial charge in [0.1, 0.15) is 12.0 Å². The maximum Gasteiger partial charge on any atom is 0.405 e. The van der Waals surface area contributed by atoms with Gasteiger partial charge in [-0.3, -0.25) is 19.3 Å². The molecule has 0 unspecified atom stereocenters. The minimum Gasteiger partial charge on any atom is -0.346 e. The van der Waals surface area contributed by atoms with Crippen molar-refractivity contribution < 1.29 is 27.6 Å². The van der Waals surface area contributed by atoms with Crippen LogP contribution in [-0.2, 0) is 26.2 Å². The molecule has 2 aliphatic rings. The van der Waals surface area contributed by atoms with Crippen LogP contribution < -0.4 is 10.6 Å². The average Bonchev–Trinajstić information content (AvgIpc) is 3.29. The van der Waals surface area contributed by atoms with Crippen LogP contribution in [0, 0.1) is 0 Å². The summed E-state index contributed by atoms with van der Waals surface area (Å²) in [5, 5.41) is 4.91. The Morgan fingerprint density at radius 3 is 1.98 bits per heavy atom. The van der Waals surface area contributed by atoms with Gasteiger partial charge in [0.25, 0.3) is 0 Å². The molecule has 0 atom stereocenters. The Kier molecular flexibility index (Phi) is 9.39. The molecular formula is C34H37F3N4O3. The lowest BCUT2D eigenvalue weighted by Gasteiger charge is -2.35. The molecule has 1 aliphatic carbocycles. The standard InChI is InChI=1S/C34H37F3N4O3/c1-24(42)39-26-14-12-25(13-15-26)22-31(43)41-20-18-40(19-21-41)17-7-6-16-33(32(44)38-23-34(35,36)37)29-10-4-2-8-27(29)28-9-3-5-11-30(28)33/h2-5,8-15H,6-7,16-23H2,1H3,(H,38,44)(H,39,42). The van der Waals surface area contributed by atoms with Crippen molar-refractivity contribution >= 4 is 23.4 Å². The molecule has 232 valence electrons. The minimum absolute atomic E-state index is 0.0577. The Bertz CT molecular complexity index is 1450. The highest BCUT2D eigenvalue weighted by molar-refractivity contribution is 6.00. The number of benzene rings is 3. The molecule has 44 heavy (non-hydrogen) atoms. The second-order valence-corrected chi connectivity index (χ2v) is 11.5. The number of nitrogens with zero attached hydrogens (tertiary/aromatic N) is 2. The molecule has 10 heteroatoms. The molecular weight excluding hydrogens is 569 g/mol. The van der Waals surface area contributed by atoms with Gasteiger partial charge in [-0.1, -0.05) is 67.1 Å². The predicted molar refractivity (Wildman–Crippen MR) is 163 cm³/mol. The summed E-state index contributed by atoms with van der Waals surface area (Å²) in [5.41, 5.74) is 3.65. The van der Waals surface area contributed by atoms with Crippen LogP contribution in [0.4, 0.5) is 18.9 Å². The summed E-state index contributed by atoms with van der Waals surface area (Å²) in [5.74, 6) is -0.710. The first kappa shape index (κ1) is 31.3. The van der Waals surface area contributed by atoms with Gasteiger partial charge in [0.2, 0.25) is 17.7 Å². The number of alkyl halides is 3. The van der Waals surface area contributed by atoms with Gasteiger partial charge in [0.15, 0.2) is 0 Å². The van der Waals surface area contributed by atoms with Crippen LogP contribution in [-0.4, -0.2) is 73.0 Å². The molecule has 0 aromatic heterocycles. The number of nitrogens with one attached hydrogen (secondary N) is 2. The highest BCUT2D eigenvalue weighted by Crippen LogP contribution is 2.51. The van der Waals surface area contributed by atoms with Gasteiger partial charge in [-0.15, -0.1) is 0 Å². The third-order valence-corrected chi connectivity index (χ3v) is 8.53. The maximum atomic E-state index is 13.6. The van der Waals surface area contributed by atoms with Crippen molar-refractivity contribution in [2.45, 2.75) is 44.2 Å². The Morgan fingerprint density at radius 2 is 1.41 bits per heavy atom. The fourth-order valence-electron chi connectivity index (χ4n) is 6.43. The molecule has 3 aromatic carbocycles. The van der Waals surface area contributed by atoms with E-state index in [2.05, 4.69) is 15.5 Å². The predicted octanol–water partition coefficient (Wildman–Crippen LogP) is 5.15. The molecule has 1 fully saturated rings. The summed E-state index contributed by atoms with van der Waals surface area (Å²) >= 11 is 0. The topological polar surface area (TPSA) is 81.8 Å². The number of amides is 3. The zero-order chi connectivity index (χ0) is 31.3. The third kappa shape index (κ3) is 6.96. The van der Waals surface area contributed by atoms with Gasteiger partial charge in [-0.25, -0.2) is 0 Å². The molecule has 2 N–H and O–H groups in total. The Labute approximate surface area is 255 Å². The summed E-state index contributed by atoms with van der Waals surface area (Å²) in [4.78, 5) is 41.9. The van der Waals surface area contributed by atoms with Crippen LogP contribution >= 0.6 is 0 Å². The lowest BCUT2D eigenvalue weighted by molar-refractivity contribution is -0.141. The molecule has 1 aliphatic heterocycles. The lowest BCUT2D eigenvalue weighted by atomic mass is 9.73. The monoisotopic (exact) mass is 606 g/mol. The summed E-state index contributed by atoms with van der Waals surface area (Å²) in [7, 11) is 0. The van der Waals surface area contributed by atoms with Gasteiger partial charge in [0.05, 0.1) is 6.42 Å². The van der Waals surface area contributed by atoms with E-state index in [4.69, 9.17) is 0 Å². The normalized spacial score (nSPS) is 15.8.